The minimum Gasteiger partial charge on any atom is -0.467 e. The Balaban J connectivity index is 1.53. The Bertz CT molecular complexity index is 1180. The number of amides is 1. The van der Waals surface area contributed by atoms with Crippen LogP contribution >= 0.6 is 0 Å². The molecule has 174 valence electrons. The predicted octanol–water partition coefficient (Wildman–Crippen LogP) is 3.55. The normalized spacial score (nSPS) is 13.2. The molecule has 9 nitrogen and oxygen atoms in total. The molecule has 0 saturated heterocycles. The molecule has 1 aliphatic rings. The van der Waals surface area contributed by atoms with Crippen LogP contribution in [0.4, 0.5) is 5.69 Å². The van der Waals surface area contributed by atoms with Crippen molar-refractivity contribution >= 4 is 17.6 Å². The van der Waals surface area contributed by atoms with Crippen LogP contribution in [0, 0.1) is 10.1 Å². The van der Waals surface area contributed by atoms with E-state index in [4.69, 9.17) is 14.2 Å². The van der Waals surface area contributed by atoms with Crippen LogP contribution in [0.5, 0.6) is 5.75 Å². The van der Waals surface area contributed by atoms with Gasteiger partial charge in [0.15, 0.2) is 6.79 Å². The zero-order valence-electron chi connectivity index (χ0n) is 18.1. The summed E-state index contributed by atoms with van der Waals surface area (Å²) in [6.07, 6.45) is 0.218. The first-order chi connectivity index (χ1) is 16.5. The molecular formula is C25H22N2O7. The van der Waals surface area contributed by atoms with E-state index in [0.29, 0.717) is 22.4 Å². The van der Waals surface area contributed by atoms with Gasteiger partial charge in [-0.25, -0.2) is 4.79 Å². The first-order valence-corrected chi connectivity index (χ1v) is 10.6. The number of carbonyl (C=O) groups excluding carboxylic acids is 2. The fraction of sp³-hybridized carbons (Fsp3) is 0.200. The second kappa shape index (κ2) is 10.6. The van der Waals surface area contributed by atoms with Crippen molar-refractivity contribution in [3.63, 3.8) is 0 Å². The minimum atomic E-state index is -0.964. The quantitative estimate of drug-likeness (QED) is 0.309. The first kappa shape index (κ1) is 22.9. The van der Waals surface area contributed by atoms with Gasteiger partial charge in [0, 0.05) is 35.2 Å². The van der Waals surface area contributed by atoms with Crippen LogP contribution < -0.4 is 10.1 Å². The zero-order chi connectivity index (χ0) is 23.9. The van der Waals surface area contributed by atoms with Gasteiger partial charge in [-0.3, -0.25) is 14.9 Å². The third-order valence-electron chi connectivity index (χ3n) is 5.26. The van der Waals surface area contributed by atoms with E-state index in [1.807, 2.05) is 30.3 Å². The Hall–Kier alpha value is -4.24. The van der Waals surface area contributed by atoms with Crippen LogP contribution in [-0.4, -0.2) is 29.6 Å². The van der Waals surface area contributed by atoms with E-state index in [1.54, 1.807) is 30.3 Å². The maximum absolute atomic E-state index is 13.0. The number of ether oxygens (including phenoxy) is 3. The topological polar surface area (TPSA) is 117 Å². The molecule has 34 heavy (non-hydrogen) atoms. The van der Waals surface area contributed by atoms with Crippen molar-refractivity contribution in [3.8, 4) is 5.75 Å². The highest BCUT2D eigenvalue weighted by atomic mass is 16.7. The van der Waals surface area contributed by atoms with Gasteiger partial charge in [0.2, 0.25) is 0 Å². The number of nitrogens with one attached hydrogen (secondary N) is 1. The zero-order valence-corrected chi connectivity index (χ0v) is 18.1. The number of esters is 1. The Labute approximate surface area is 195 Å². The van der Waals surface area contributed by atoms with Gasteiger partial charge in [-0.15, -0.1) is 0 Å². The molecule has 3 aromatic rings. The van der Waals surface area contributed by atoms with Gasteiger partial charge in [0.05, 0.1) is 11.5 Å². The maximum Gasteiger partial charge on any atom is 0.329 e. The molecule has 1 N–H and O–H groups in total. The third-order valence-corrected chi connectivity index (χ3v) is 5.26. The van der Waals surface area contributed by atoms with E-state index in [9.17, 15) is 19.7 Å². The monoisotopic (exact) mass is 462 g/mol. The number of nitro groups is 1. The Morgan fingerprint density at radius 2 is 1.76 bits per heavy atom. The number of non-ortho nitro benzene ring substituents is 1. The van der Waals surface area contributed by atoms with Gasteiger partial charge in [-0.1, -0.05) is 48.5 Å². The van der Waals surface area contributed by atoms with Crippen molar-refractivity contribution in [2.45, 2.75) is 25.7 Å². The molecule has 4 rings (SSSR count). The van der Waals surface area contributed by atoms with Gasteiger partial charge in [-0.05, 0) is 17.7 Å². The van der Waals surface area contributed by atoms with Gasteiger partial charge < -0.3 is 19.5 Å². The van der Waals surface area contributed by atoms with E-state index in [-0.39, 0.29) is 32.1 Å². The maximum atomic E-state index is 13.0. The summed E-state index contributed by atoms with van der Waals surface area (Å²) in [5, 5.41) is 14.1. The lowest BCUT2D eigenvalue weighted by Gasteiger charge is -2.21. The summed E-state index contributed by atoms with van der Waals surface area (Å²) in [6, 6.07) is 19.5. The van der Waals surface area contributed by atoms with Crippen molar-refractivity contribution in [2.75, 3.05) is 6.79 Å². The van der Waals surface area contributed by atoms with Crippen LogP contribution in [0.3, 0.4) is 0 Å². The summed E-state index contributed by atoms with van der Waals surface area (Å²) in [7, 11) is 0. The summed E-state index contributed by atoms with van der Waals surface area (Å²) >= 11 is 0. The molecule has 0 radical (unpaired) electrons. The molecule has 0 saturated carbocycles. The van der Waals surface area contributed by atoms with Crippen molar-refractivity contribution in [1.82, 2.24) is 5.32 Å². The van der Waals surface area contributed by atoms with Gasteiger partial charge in [0.25, 0.3) is 11.6 Å². The van der Waals surface area contributed by atoms with Crippen LogP contribution in [0.2, 0.25) is 0 Å². The first-order valence-electron chi connectivity index (χ1n) is 10.6. The van der Waals surface area contributed by atoms with Crippen LogP contribution in [0.15, 0.2) is 72.8 Å². The van der Waals surface area contributed by atoms with Crippen LogP contribution in [-0.2, 0) is 33.9 Å². The standard InChI is InChI=1S/C25H22N2O7/c28-24(18-9-5-2-6-10-18)26-22(11-17-7-3-1-4-8-17)25(29)33-15-20-13-21(27(30)31)12-19-14-32-16-34-23(19)20/h1-10,12-13,22H,11,14-16H2,(H,26,28). The van der Waals surface area contributed by atoms with E-state index < -0.39 is 22.8 Å². The lowest BCUT2D eigenvalue weighted by Crippen LogP contribution is -2.43. The summed E-state index contributed by atoms with van der Waals surface area (Å²) in [5.41, 5.74) is 1.95. The van der Waals surface area contributed by atoms with Crippen molar-refractivity contribution in [1.29, 1.82) is 0 Å². The Kier molecular flexibility index (Phi) is 7.14. The average Bonchev–Trinajstić information content (AvgIpc) is 2.87. The molecule has 3 aromatic carbocycles. The minimum absolute atomic E-state index is 0.00444. The number of rotatable bonds is 8. The summed E-state index contributed by atoms with van der Waals surface area (Å²) < 4.78 is 16.2. The molecule has 1 atom stereocenters. The van der Waals surface area contributed by atoms with Crippen molar-refractivity contribution in [3.05, 3.63) is 105 Å². The molecule has 0 aromatic heterocycles. The van der Waals surface area contributed by atoms with E-state index in [0.717, 1.165) is 5.56 Å². The molecule has 0 spiro atoms. The summed E-state index contributed by atoms with van der Waals surface area (Å²) in [4.78, 5) is 36.5. The highest BCUT2D eigenvalue weighted by molar-refractivity contribution is 5.96. The fourth-order valence-corrected chi connectivity index (χ4v) is 3.62. The van der Waals surface area contributed by atoms with Crippen LogP contribution in [0.25, 0.3) is 0 Å². The highest BCUT2D eigenvalue weighted by Crippen LogP contribution is 2.33. The third kappa shape index (κ3) is 5.57. The molecule has 0 aliphatic carbocycles. The van der Waals surface area contributed by atoms with Crippen molar-refractivity contribution in [2.24, 2.45) is 0 Å². The molecule has 0 bridgehead atoms. The van der Waals surface area contributed by atoms with Gasteiger partial charge in [-0.2, -0.15) is 0 Å². The van der Waals surface area contributed by atoms with E-state index >= 15 is 0 Å². The second-order valence-electron chi connectivity index (χ2n) is 7.65. The molecule has 1 aliphatic heterocycles. The van der Waals surface area contributed by atoms with Gasteiger partial charge >= 0.3 is 5.97 Å². The van der Waals surface area contributed by atoms with E-state index in [2.05, 4.69) is 5.32 Å². The number of nitro benzene ring substituents is 1. The molecule has 9 heteroatoms. The van der Waals surface area contributed by atoms with Crippen LogP contribution in [0.1, 0.15) is 27.0 Å². The molecule has 0 fully saturated rings. The number of nitrogens with zero attached hydrogens (tertiary/aromatic N) is 1. The lowest BCUT2D eigenvalue weighted by atomic mass is 10.0. The highest BCUT2D eigenvalue weighted by Gasteiger charge is 2.26. The molecule has 1 unspecified atom stereocenters. The predicted molar refractivity (Wildman–Crippen MR) is 121 cm³/mol. The summed E-state index contributed by atoms with van der Waals surface area (Å²) in [6.45, 7) is -0.105. The smallest absolute Gasteiger partial charge is 0.329 e. The van der Waals surface area contributed by atoms with Crippen molar-refractivity contribution < 1.29 is 28.7 Å². The number of fused-ring (bicyclic) bond motifs is 1. The van der Waals surface area contributed by atoms with E-state index in [1.165, 1.54) is 12.1 Å². The lowest BCUT2D eigenvalue weighted by molar-refractivity contribution is -0.385. The Morgan fingerprint density at radius 3 is 2.47 bits per heavy atom. The number of hydrogen-bond acceptors (Lipinski definition) is 7. The SMILES string of the molecule is O=C(NC(Cc1ccccc1)C(=O)OCc1cc([N+](=O)[O-])cc2c1OCOC2)c1ccccc1. The number of hydrogen-bond donors (Lipinski definition) is 1. The average molecular weight is 462 g/mol. The number of benzene rings is 3. The molecule has 1 amide bonds. The molecular weight excluding hydrogens is 440 g/mol. The fourth-order valence-electron chi connectivity index (χ4n) is 3.62. The van der Waals surface area contributed by atoms with Gasteiger partial charge in [0.1, 0.15) is 18.4 Å². The number of carbonyl (C=O) groups is 2. The summed E-state index contributed by atoms with van der Waals surface area (Å²) in [5.74, 6) is -0.676. The largest absolute Gasteiger partial charge is 0.467 e. The Morgan fingerprint density at radius 1 is 1.06 bits per heavy atom. The second-order valence-corrected chi connectivity index (χ2v) is 7.65. The molecule has 1 heterocycles.